The highest BCUT2D eigenvalue weighted by molar-refractivity contribution is 7.99. The standard InChI is InChI=1S/C15H16N2OS/c1-9-7-13(8-18)5-6-14(9)19-15-16-11(3)10(2)12(4)17-15/h5-8H,1-4H3. The third-order valence-electron chi connectivity index (χ3n) is 3.15. The average molecular weight is 272 g/mol. The van der Waals surface area contributed by atoms with Crippen LogP contribution in [0.2, 0.25) is 0 Å². The first-order valence-electron chi connectivity index (χ1n) is 6.07. The van der Waals surface area contributed by atoms with E-state index >= 15 is 0 Å². The Labute approximate surface area is 117 Å². The van der Waals surface area contributed by atoms with E-state index in [4.69, 9.17) is 0 Å². The number of aryl methyl sites for hydroxylation is 3. The van der Waals surface area contributed by atoms with Crippen LogP contribution >= 0.6 is 11.8 Å². The lowest BCUT2D eigenvalue weighted by atomic mass is 10.2. The van der Waals surface area contributed by atoms with Crippen LogP contribution in [-0.4, -0.2) is 16.3 Å². The minimum atomic E-state index is 0.694. The zero-order chi connectivity index (χ0) is 14.0. The lowest BCUT2D eigenvalue weighted by Gasteiger charge is -2.08. The average Bonchev–Trinajstić information content (AvgIpc) is 2.38. The molecule has 0 amide bonds. The summed E-state index contributed by atoms with van der Waals surface area (Å²) in [4.78, 5) is 20.8. The zero-order valence-electron chi connectivity index (χ0n) is 11.5. The van der Waals surface area contributed by atoms with Gasteiger partial charge in [0.05, 0.1) is 0 Å². The normalized spacial score (nSPS) is 10.5. The van der Waals surface area contributed by atoms with Gasteiger partial charge < -0.3 is 0 Å². The molecular weight excluding hydrogens is 256 g/mol. The molecule has 0 N–H and O–H groups in total. The molecule has 0 aliphatic heterocycles. The molecule has 0 saturated carbocycles. The van der Waals surface area contributed by atoms with Gasteiger partial charge in [-0.2, -0.15) is 0 Å². The van der Waals surface area contributed by atoms with Crippen LogP contribution in [0.15, 0.2) is 28.3 Å². The van der Waals surface area contributed by atoms with Crippen LogP contribution in [0.5, 0.6) is 0 Å². The van der Waals surface area contributed by atoms with Crippen LogP contribution in [0, 0.1) is 27.7 Å². The highest BCUT2D eigenvalue weighted by Crippen LogP contribution is 2.29. The van der Waals surface area contributed by atoms with Crippen LogP contribution < -0.4 is 0 Å². The van der Waals surface area contributed by atoms with E-state index in [-0.39, 0.29) is 0 Å². The monoisotopic (exact) mass is 272 g/mol. The number of hydrogen-bond acceptors (Lipinski definition) is 4. The van der Waals surface area contributed by atoms with Gasteiger partial charge >= 0.3 is 0 Å². The van der Waals surface area contributed by atoms with Crippen molar-refractivity contribution >= 4 is 18.0 Å². The molecule has 0 saturated heterocycles. The van der Waals surface area contributed by atoms with Crippen molar-refractivity contribution in [1.29, 1.82) is 0 Å². The Morgan fingerprint density at radius 2 is 1.68 bits per heavy atom. The van der Waals surface area contributed by atoms with E-state index in [0.29, 0.717) is 5.56 Å². The molecule has 0 radical (unpaired) electrons. The number of aromatic nitrogens is 2. The van der Waals surface area contributed by atoms with Gasteiger partial charge in [0, 0.05) is 21.8 Å². The Kier molecular flexibility index (Phi) is 4.00. The fraction of sp³-hybridized carbons (Fsp3) is 0.267. The van der Waals surface area contributed by atoms with Crippen molar-refractivity contribution in [2.75, 3.05) is 0 Å². The molecule has 2 aromatic rings. The Balaban J connectivity index is 2.33. The lowest BCUT2D eigenvalue weighted by Crippen LogP contribution is -1.98. The van der Waals surface area contributed by atoms with E-state index < -0.39 is 0 Å². The smallest absolute Gasteiger partial charge is 0.192 e. The molecule has 1 aromatic heterocycles. The predicted molar refractivity (Wildman–Crippen MR) is 76.9 cm³/mol. The van der Waals surface area contributed by atoms with Crippen LogP contribution in [0.3, 0.4) is 0 Å². The molecule has 0 spiro atoms. The fourth-order valence-electron chi connectivity index (χ4n) is 1.75. The van der Waals surface area contributed by atoms with Crippen molar-refractivity contribution in [3.63, 3.8) is 0 Å². The summed E-state index contributed by atoms with van der Waals surface area (Å²) >= 11 is 1.53. The Hall–Kier alpha value is -1.68. The summed E-state index contributed by atoms with van der Waals surface area (Å²) in [6, 6.07) is 5.64. The summed E-state index contributed by atoms with van der Waals surface area (Å²) in [5.41, 5.74) is 4.92. The summed E-state index contributed by atoms with van der Waals surface area (Å²) in [6.07, 6.45) is 0.859. The Morgan fingerprint density at radius 1 is 1.05 bits per heavy atom. The van der Waals surface area contributed by atoms with Gasteiger partial charge in [-0.1, -0.05) is 6.07 Å². The number of nitrogens with zero attached hydrogens (tertiary/aromatic N) is 2. The van der Waals surface area contributed by atoms with Gasteiger partial charge in [0.2, 0.25) is 0 Å². The SMILES string of the molecule is Cc1cc(C=O)ccc1Sc1nc(C)c(C)c(C)n1. The van der Waals surface area contributed by atoms with Gasteiger partial charge in [0.1, 0.15) is 6.29 Å². The van der Waals surface area contributed by atoms with E-state index in [2.05, 4.69) is 9.97 Å². The van der Waals surface area contributed by atoms with Gasteiger partial charge in [0.15, 0.2) is 5.16 Å². The predicted octanol–water partition coefficient (Wildman–Crippen LogP) is 3.67. The maximum atomic E-state index is 10.7. The first-order valence-corrected chi connectivity index (χ1v) is 6.88. The van der Waals surface area contributed by atoms with Crippen molar-refractivity contribution in [2.24, 2.45) is 0 Å². The Bertz CT molecular complexity index is 615. The van der Waals surface area contributed by atoms with Crippen LogP contribution in [0.4, 0.5) is 0 Å². The summed E-state index contributed by atoms with van der Waals surface area (Å²) < 4.78 is 0. The van der Waals surface area contributed by atoms with Gasteiger partial charge in [-0.05, 0) is 62.7 Å². The van der Waals surface area contributed by atoms with Gasteiger partial charge in [-0.3, -0.25) is 4.79 Å². The third-order valence-corrected chi connectivity index (χ3v) is 4.19. The number of aldehydes is 1. The molecule has 0 unspecified atom stereocenters. The molecule has 1 heterocycles. The highest BCUT2D eigenvalue weighted by atomic mass is 32.2. The summed E-state index contributed by atoms with van der Waals surface area (Å²) in [6.45, 7) is 8.01. The van der Waals surface area contributed by atoms with Crippen LogP contribution in [0.1, 0.15) is 32.9 Å². The second kappa shape index (κ2) is 5.53. The maximum absolute atomic E-state index is 10.7. The van der Waals surface area contributed by atoms with Gasteiger partial charge in [0.25, 0.3) is 0 Å². The van der Waals surface area contributed by atoms with Crippen LogP contribution in [-0.2, 0) is 0 Å². The fourth-order valence-corrected chi connectivity index (χ4v) is 2.66. The molecule has 0 atom stereocenters. The van der Waals surface area contributed by atoms with E-state index in [0.717, 1.165) is 38.9 Å². The highest BCUT2D eigenvalue weighted by Gasteiger charge is 2.08. The minimum absolute atomic E-state index is 0.694. The van der Waals surface area contributed by atoms with Crippen molar-refractivity contribution < 1.29 is 4.79 Å². The second-order valence-electron chi connectivity index (χ2n) is 4.55. The van der Waals surface area contributed by atoms with Gasteiger partial charge in [-0.25, -0.2) is 9.97 Å². The first-order chi connectivity index (χ1) is 9.01. The van der Waals surface area contributed by atoms with Gasteiger partial charge in [-0.15, -0.1) is 0 Å². The van der Waals surface area contributed by atoms with Crippen LogP contribution in [0.25, 0.3) is 0 Å². The quantitative estimate of drug-likeness (QED) is 0.631. The molecule has 0 bridgehead atoms. The lowest BCUT2D eigenvalue weighted by molar-refractivity contribution is 0.112. The van der Waals surface area contributed by atoms with E-state index in [1.807, 2.05) is 45.9 Å². The second-order valence-corrected chi connectivity index (χ2v) is 5.56. The first kappa shape index (κ1) is 13.7. The summed E-state index contributed by atoms with van der Waals surface area (Å²) in [7, 11) is 0. The third kappa shape index (κ3) is 3.01. The van der Waals surface area contributed by atoms with Crippen molar-refractivity contribution in [1.82, 2.24) is 9.97 Å². The molecule has 3 nitrogen and oxygen atoms in total. The minimum Gasteiger partial charge on any atom is -0.298 e. The molecule has 98 valence electrons. The summed E-state index contributed by atoms with van der Waals surface area (Å²) in [5.74, 6) is 0. The van der Waals surface area contributed by atoms with E-state index in [9.17, 15) is 4.79 Å². The zero-order valence-corrected chi connectivity index (χ0v) is 12.3. The number of carbonyl (C=O) groups excluding carboxylic acids is 1. The molecule has 0 aliphatic carbocycles. The number of carbonyl (C=O) groups is 1. The molecule has 2 rings (SSSR count). The van der Waals surface area contributed by atoms with Crippen molar-refractivity contribution in [3.05, 3.63) is 46.3 Å². The van der Waals surface area contributed by atoms with E-state index in [1.54, 1.807) is 0 Å². The molecule has 0 aliphatic rings. The van der Waals surface area contributed by atoms with Crippen molar-refractivity contribution in [2.45, 2.75) is 37.7 Å². The number of benzene rings is 1. The number of hydrogen-bond donors (Lipinski definition) is 0. The topological polar surface area (TPSA) is 42.9 Å². The molecule has 19 heavy (non-hydrogen) atoms. The molecule has 0 fully saturated rings. The molecular formula is C15H16N2OS. The van der Waals surface area contributed by atoms with Crippen molar-refractivity contribution in [3.8, 4) is 0 Å². The van der Waals surface area contributed by atoms with E-state index in [1.165, 1.54) is 11.8 Å². The Morgan fingerprint density at radius 3 is 2.21 bits per heavy atom. The molecule has 1 aromatic carbocycles. The maximum Gasteiger partial charge on any atom is 0.192 e. The largest absolute Gasteiger partial charge is 0.298 e. The molecule has 4 heteroatoms. The number of rotatable bonds is 3. The summed E-state index contributed by atoms with van der Waals surface area (Å²) in [5, 5.41) is 0.752.